The fourth-order valence-electron chi connectivity index (χ4n) is 1.99. The summed E-state index contributed by atoms with van der Waals surface area (Å²) in [6.07, 6.45) is 0. The highest BCUT2D eigenvalue weighted by Gasteiger charge is 2.15. The van der Waals surface area contributed by atoms with Crippen LogP contribution in [0, 0.1) is 0 Å². The number of nitrogens with one attached hydrogen (secondary N) is 1. The molecule has 0 aliphatic rings. The van der Waals surface area contributed by atoms with Crippen LogP contribution in [0.2, 0.25) is 5.02 Å². The number of benzene rings is 2. The van der Waals surface area contributed by atoms with E-state index in [0.29, 0.717) is 5.96 Å². The average Bonchev–Trinajstić information content (AvgIpc) is 2.53. The van der Waals surface area contributed by atoms with E-state index in [-0.39, 0.29) is 6.04 Å². The number of hydrazine groups is 1. The fraction of sp³-hybridized carbons (Fsp3) is 0.188. The smallest absolute Gasteiger partial charge is 0.213 e. The summed E-state index contributed by atoms with van der Waals surface area (Å²) in [4.78, 5) is 6.50. The summed E-state index contributed by atoms with van der Waals surface area (Å²) in [5.74, 6) is 6.22. The van der Waals surface area contributed by atoms with Crippen LogP contribution in [0.15, 0.2) is 59.6 Å². The minimum atomic E-state index is 0.112. The SMILES string of the molecule is CC(c1ccc(Cl)cc1)N(C)C(=Nc1ccccc1)NN. The summed E-state index contributed by atoms with van der Waals surface area (Å²) in [5, 5.41) is 0.726. The molecule has 0 heterocycles. The lowest BCUT2D eigenvalue weighted by Gasteiger charge is -2.28. The van der Waals surface area contributed by atoms with Gasteiger partial charge in [-0.25, -0.2) is 10.8 Å². The Bertz CT molecular complexity index is 595. The molecule has 0 saturated heterocycles. The van der Waals surface area contributed by atoms with Gasteiger partial charge in [-0.2, -0.15) is 0 Å². The Kier molecular flexibility index (Phi) is 5.20. The number of nitrogens with zero attached hydrogens (tertiary/aromatic N) is 2. The van der Waals surface area contributed by atoms with Gasteiger partial charge in [0.05, 0.1) is 11.7 Å². The topological polar surface area (TPSA) is 53.6 Å². The van der Waals surface area contributed by atoms with Gasteiger partial charge >= 0.3 is 0 Å². The van der Waals surface area contributed by atoms with E-state index in [2.05, 4.69) is 17.3 Å². The first-order chi connectivity index (χ1) is 10.1. The first-order valence-corrected chi connectivity index (χ1v) is 7.08. The van der Waals surface area contributed by atoms with E-state index in [4.69, 9.17) is 17.4 Å². The van der Waals surface area contributed by atoms with Gasteiger partial charge < -0.3 is 4.90 Å². The molecule has 110 valence electrons. The Labute approximate surface area is 130 Å². The van der Waals surface area contributed by atoms with Gasteiger partial charge in [0.15, 0.2) is 0 Å². The monoisotopic (exact) mass is 302 g/mol. The zero-order valence-corrected chi connectivity index (χ0v) is 12.9. The molecule has 2 aromatic rings. The van der Waals surface area contributed by atoms with Crippen LogP contribution in [0.1, 0.15) is 18.5 Å². The summed E-state index contributed by atoms with van der Waals surface area (Å²) >= 11 is 5.92. The number of hydrogen-bond acceptors (Lipinski definition) is 2. The van der Waals surface area contributed by atoms with Crippen LogP contribution in [0.3, 0.4) is 0 Å². The molecule has 2 aromatic carbocycles. The largest absolute Gasteiger partial charge is 0.338 e. The molecule has 3 N–H and O–H groups in total. The number of guanidine groups is 1. The fourth-order valence-corrected chi connectivity index (χ4v) is 2.11. The maximum atomic E-state index is 5.92. The van der Waals surface area contributed by atoms with Crippen molar-refractivity contribution in [3.8, 4) is 0 Å². The molecule has 2 rings (SSSR count). The summed E-state index contributed by atoms with van der Waals surface area (Å²) in [6, 6.07) is 17.6. The van der Waals surface area contributed by atoms with Crippen molar-refractivity contribution >= 4 is 23.2 Å². The predicted molar refractivity (Wildman–Crippen MR) is 88.5 cm³/mol. The lowest BCUT2D eigenvalue weighted by atomic mass is 10.1. The zero-order chi connectivity index (χ0) is 15.2. The minimum Gasteiger partial charge on any atom is -0.338 e. The standard InChI is InChI=1S/C16H19ClN4/c1-12(13-8-10-14(17)11-9-13)21(2)16(20-18)19-15-6-4-3-5-7-15/h3-12H,18H2,1-2H3,(H,19,20). The second-order valence-corrected chi connectivity index (χ2v) is 5.19. The van der Waals surface area contributed by atoms with Crippen LogP contribution in [0.25, 0.3) is 0 Å². The third-order valence-electron chi connectivity index (χ3n) is 3.39. The lowest BCUT2D eigenvalue weighted by Crippen LogP contribution is -2.43. The Hall–Kier alpha value is -2.04. The molecule has 0 spiro atoms. The summed E-state index contributed by atoms with van der Waals surface area (Å²) in [7, 11) is 1.95. The first kappa shape index (κ1) is 15.4. The molecule has 0 aromatic heterocycles. The number of hydrogen-bond donors (Lipinski definition) is 2. The maximum absolute atomic E-state index is 5.92. The van der Waals surface area contributed by atoms with Gasteiger partial charge in [0.25, 0.3) is 0 Å². The van der Waals surface area contributed by atoms with E-state index in [9.17, 15) is 0 Å². The Balaban J connectivity index is 2.21. The molecule has 0 aliphatic heterocycles. The van der Waals surface area contributed by atoms with Crippen LogP contribution in [0.4, 0.5) is 5.69 Å². The van der Waals surface area contributed by atoms with Crippen LogP contribution < -0.4 is 11.3 Å². The summed E-state index contributed by atoms with van der Waals surface area (Å²) in [6.45, 7) is 2.08. The lowest BCUT2D eigenvalue weighted by molar-refractivity contribution is 0.389. The van der Waals surface area contributed by atoms with Crippen molar-refractivity contribution in [2.24, 2.45) is 10.8 Å². The molecule has 1 unspecified atom stereocenters. The van der Waals surface area contributed by atoms with Crippen molar-refractivity contribution in [3.63, 3.8) is 0 Å². The molecule has 21 heavy (non-hydrogen) atoms. The molecule has 0 saturated carbocycles. The summed E-state index contributed by atoms with van der Waals surface area (Å²) in [5.41, 5.74) is 4.65. The maximum Gasteiger partial charge on any atom is 0.213 e. The van der Waals surface area contributed by atoms with Crippen LogP contribution >= 0.6 is 11.6 Å². The Morgan fingerprint density at radius 3 is 2.33 bits per heavy atom. The normalized spacial score (nSPS) is 12.9. The van der Waals surface area contributed by atoms with Gasteiger partial charge in [-0.3, -0.25) is 5.43 Å². The van der Waals surface area contributed by atoms with E-state index in [1.54, 1.807) is 0 Å². The van der Waals surface area contributed by atoms with E-state index < -0.39 is 0 Å². The van der Waals surface area contributed by atoms with Crippen LogP contribution in [-0.4, -0.2) is 17.9 Å². The number of para-hydroxylation sites is 1. The number of halogens is 1. The van der Waals surface area contributed by atoms with Crippen molar-refractivity contribution in [2.45, 2.75) is 13.0 Å². The third-order valence-corrected chi connectivity index (χ3v) is 3.64. The molecule has 0 bridgehead atoms. The highest BCUT2D eigenvalue weighted by molar-refractivity contribution is 6.30. The molecule has 0 amide bonds. The van der Waals surface area contributed by atoms with E-state index >= 15 is 0 Å². The third kappa shape index (κ3) is 3.97. The van der Waals surface area contributed by atoms with Gasteiger partial charge in [-0.1, -0.05) is 41.9 Å². The van der Waals surface area contributed by atoms with Crippen molar-refractivity contribution in [2.75, 3.05) is 7.05 Å². The van der Waals surface area contributed by atoms with Gasteiger partial charge in [0.1, 0.15) is 0 Å². The summed E-state index contributed by atoms with van der Waals surface area (Å²) < 4.78 is 0. The van der Waals surface area contributed by atoms with Crippen molar-refractivity contribution in [1.29, 1.82) is 0 Å². The Morgan fingerprint density at radius 2 is 1.76 bits per heavy atom. The molecule has 5 heteroatoms. The van der Waals surface area contributed by atoms with Crippen molar-refractivity contribution < 1.29 is 0 Å². The average molecular weight is 303 g/mol. The molecular weight excluding hydrogens is 284 g/mol. The van der Waals surface area contributed by atoms with Crippen molar-refractivity contribution in [3.05, 3.63) is 65.2 Å². The molecule has 4 nitrogen and oxygen atoms in total. The van der Waals surface area contributed by atoms with Crippen molar-refractivity contribution in [1.82, 2.24) is 10.3 Å². The van der Waals surface area contributed by atoms with Crippen LogP contribution in [0.5, 0.6) is 0 Å². The molecule has 0 fully saturated rings. The number of rotatable bonds is 3. The van der Waals surface area contributed by atoms with E-state index in [1.807, 2.05) is 66.5 Å². The van der Waals surface area contributed by atoms with Crippen LogP contribution in [-0.2, 0) is 0 Å². The van der Waals surface area contributed by atoms with Gasteiger partial charge in [-0.05, 0) is 36.8 Å². The highest BCUT2D eigenvalue weighted by atomic mass is 35.5. The molecule has 0 aliphatic carbocycles. The van der Waals surface area contributed by atoms with E-state index in [0.717, 1.165) is 16.3 Å². The molecule has 0 radical (unpaired) electrons. The number of nitrogens with two attached hydrogens (primary N) is 1. The predicted octanol–water partition coefficient (Wildman–Crippen LogP) is 3.48. The zero-order valence-electron chi connectivity index (χ0n) is 12.1. The Morgan fingerprint density at radius 1 is 1.14 bits per heavy atom. The van der Waals surface area contributed by atoms with E-state index in [1.165, 1.54) is 0 Å². The van der Waals surface area contributed by atoms with Gasteiger partial charge in [-0.15, -0.1) is 0 Å². The highest BCUT2D eigenvalue weighted by Crippen LogP contribution is 2.21. The first-order valence-electron chi connectivity index (χ1n) is 6.70. The number of aliphatic imine (C=N–C) groups is 1. The second-order valence-electron chi connectivity index (χ2n) is 4.75. The minimum absolute atomic E-state index is 0.112. The molecular formula is C16H19ClN4. The molecule has 1 atom stereocenters. The quantitative estimate of drug-likeness (QED) is 0.395. The van der Waals surface area contributed by atoms with Gasteiger partial charge in [0.2, 0.25) is 5.96 Å². The second kappa shape index (κ2) is 7.11. The van der Waals surface area contributed by atoms with Gasteiger partial charge in [0, 0.05) is 12.1 Å².